The fourth-order valence-electron chi connectivity index (χ4n) is 2.10. The van der Waals surface area contributed by atoms with Gasteiger partial charge in [-0.3, -0.25) is 4.90 Å². The first-order valence-corrected chi connectivity index (χ1v) is 4.85. The van der Waals surface area contributed by atoms with E-state index in [-0.39, 0.29) is 0 Å². The molecule has 1 heterocycles. The molecule has 0 N–H and O–H groups in total. The van der Waals surface area contributed by atoms with Gasteiger partial charge in [0.1, 0.15) is 0 Å². The number of hydrogen-bond donors (Lipinski definition) is 0. The van der Waals surface area contributed by atoms with E-state index in [0.29, 0.717) is 0 Å². The van der Waals surface area contributed by atoms with Crippen LogP contribution in [0.5, 0.6) is 0 Å². The van der Waals surface area contributed by atoms with E-state index in [1.165, 1.54) is 19.3 Å². The van der Waals surface area contributed by atoms with Crippen LogP contribution in [0.1, 0.15) is 26.2 Å². The second-order valence-electron chi connectivity index (χ2n) is 4.04. The third-order valence-corrected chi connectivity index (χ3v) is 3.10. The van der Waals surface area contributed by atoms with Crippen molar-refractivity contribution < 1.29 is 0 Å². The van der Waals surface area contributed by atoms with Gasteiger partial charge in [0.2, 0.25) is 0 Å². The van der Waals surface area contributed by atoms with Gasteiger partial charge >= 0.3 is 0 Å². The minimum atomic E-state index is 0.746. The van der Waals surface area contributed by atoms with Crippen molar-refractivity contribution in [2.45, 2.75) is 32.2 Å². The molecular formula is C11H17N. The summed E-state index contributed by atoms with van der Waals surface area (Å²) >= 11 is 0. The van der Waals surface area contributed by atoms with Crippen molar-refractivity contribution in [2.24, 2.45) is 0 Å². The highest BCUT2D eigenvalue weighted by atomic mass is 15.1. The van der Waals surface area contributed by atoms with Gasteiger partial charge in [-0.15, -0.1) is 0 Å². The topological polar surface area (TPSA) is 3.24 Å². The molecule has 0 aromatic heterocycles. The van der Waals surface area contributed by atoms with E-state index in [1.54, 1.807) is 11.1 Å². The lowest BCUT2D eigenvalue weighted by molar-refractivity contribution is 0.259. The van der Waals surface area contributed by atoms with Crippen LogP contribution in [-0.2, 0) is 0 Å². The Kier molecular flexibility index (Phi) is 2.05. The molecule has 0 fully saturated rings. The van der Waals surface area contributed by atoms with Gasteiger partial charge in [-0.2, -0.15) is 0 Å². The number of allylic oxidation sites excluding steroid dienone is 1. The van der Waals surface area contributed by atoms with Crippen molar-refractivity contribution in [3.63, 3.8) is 0 Å². The zero-order valence-electron chi connectivity index (χ0n) is 8.01. The first kappa shape index (κ1) is 8.06. The first-order valence-electron chi connectivity index (χ1n) is 4.85. The van der Waals surface area contributed by atoms with Gasteiger partial charge in [-0.05, 0) is 38.8 Å². The van der Waals surface area contributed by atoms with E-state index in [2.05, 4.69) is 31.0 Å². The molecule has 2 aliphatic rings. The number of rotatable bonds is 0. The molecule has 1 heteroatoms. The van der Waals surface area contributed by atoms with E-state index >= 15 is 0 Å². The van der Waals surface area contributed by atoms with Crippen molar-refractivity contribution in [3.8, 4) is 0 Å². The largest absolute Gasteiger partial charge is 0.299 e. The van der Waals surface area contributed by atoms with E-state index < -0.39 is 0 Å². The standard InChI is InChI=1S/C11H17N/c1-9-7-10-5-3-4-6-11(10)8-12(9)2/h4,6,9H,3,5,7-8H2,1-2H3. The van der Waals surface area contributed by atoms with Gasteiger partial charge in [0.25, 0.3) is 0 Å². The second-order valence-corrected chi connectivity index (χ2v) is 4.04. The lowest BCUT2D eigenvalue weighted by atomic mass is 9.89. The number of likely N-dealkylation sites (N-methyl/N-ethyl adjacent to an activating group) is 1. The van der Waals surface area contributed by atoms with Crippen molar-refractivity contribution in [1.29, 1.82) is 0 Å². The zero-order valence-corrected chi connectivity index (χ0v) is 8.01. The zero-order chi connectivity index (χ0) is 8.55. The maximum absolute atomic E-state index is 2.44. The predicted octanol–water partition coefficient (Wildman–Crippen LogP) is 2.36. The maximum Gasteiger partial charge on any atom is 0.0233 e. The summed E-state index contributed by atoms with van der Waals surface area (Å²) in [6.07, 6.45) is 8.49. The molecule has 1 unspecified atom stereocenters. The third-order valence-electron chi connectivity index (χ3n) is 3.10. The molecule has 0 bridgehead atoms. The molecule has 0 aromatic rings. The molecule has 0 spiro atoms. The first-order chi connectivity index (χ1) is 5.77. The summed E-state index contributed by atoms with van der Waals surface area (Å²) in [6.45, 7) is 3.48. The predicted molar refractivity (Wildman–Crippen MR) is 52.1 cm³/mol. The monoisotopic (exact) mass is 163 g/mol. The van der Waals surface area contributed by atoms with Crippen LogP contribution in [0.3, 0.4) is 0 Å². The SMILES string of the molecule is CC1CC2=C(C=CCC2)CN1C. The second kappa shape index (κ2) is 3.06. The van der Waals surface area contributed by atoms with Crippen molar-refractivity contribution in [3.05, 3.63) is 23.3 Å². The Labute approximate surface area is 74.8 Å². The molecule has 1 aliphatic heterocycles. The highest BCUT2D eigenvalue weighted by Crippen LogP contribution is 2.29. The number of hydrogen-bond acceptors (Lipinski definition) is 1. The summed E-state index contributed by atoms with van der Waals surface area (Å²) in [5.41, 5.74) is 3.30. The van der Waals surface area contributed by atoms with Gasteiger partial charge in [0, 0.05) is 12.6 Å². The molecule has 2 rings (SSSR count). The Balaban J connectivity index is 2.21. The Morgan fingerprint density at radius 2 is 2.33 bits per heavy atom. The van der Waals surface area contributed by atoms with Crippen LogP contribution in [0.2, 0.25) is 0 Å². The molecule has 1 aliphatic carbocycles. The molecule has 0 saturated carbocycles. The van der Waals surface area contributed by atoms with Crippen molar-refractivity contribution in [2.75, 3.05) is 13.6 Å². The summed E-state index contributed by atoms with van der Waals surface area (Å²) in [6, 6.07) is 0.746. The minimum absolute atomic E-state index is 0.746. The molecule has 0 amide bonds. The van der Waals surface area contributed by atoms with Gasteiger partial charge in [0.05, 0.1) is 0 Å². The van der Waals surface area contributed by atoms with E-state index in [9.17, 15) is 0 Å². The fourth-order valence-corrected chi connectivity index (χ4v) is 2.10. The van der Waals surface area contributed by atoms with Crippen LogP contribution < -0.4 is 0 Å². The Morgan fingerprint density at radius 3 is 3.17 bits per heavy atom. The normalized spacial score (nSPS) is 30.7. The van der Waals surface area contributed by atoms with Crippen molar-refractivity contribution >= 4 is 0 Å². The average molecular weight is 163 g/mol. The summed E-state index contributed by atoms with van der Waals surface area (Å²) in [7, 11) is 2.22. The van der Waals surface area contributed by atoms with Crippen LogP contribution in [0.4, 0.5) is 0 Å². The summed E-state index contributed by atoms with van der Waals surface area (Å²) in [4.78, 5) is 2.44. The Morgan fingerprint density at radius 1 is 1.50 bits per heavy atom. The van der Waals surface area contributed by atoms with Crippen molar-refractivity contribution in [1.82, 2.24) is 4.90 Å². The van der Waals surface area contributed by atoms with Gasteiger partial charge in [0.15, 0.2) is 0 Å². The van der Waals surface area contributed by atoms with Gasteiger partial charge in [-0.1, -0.05) is 17.7 Å². The van der Waals surface area contributed by atoms with Crippen LogP contribution in [0, 0.1) is 0 Å². The van der Waals surface area contributed by atoms with E-state index in [1.807, 2.05) is 0 Å². The third kappa shape index (κ3) is 1.34. The minimum Gasteiger partial charge on any atom is -0.299 e. The molecule has 1 nitrogen and oxygen atoms in total. The molecule has 0 aromatic carbocycles. The van der Waals surface area contributed by atoms with Gasteiger partial charge in [-0.25, -0.2) is 0 Å². The highest BCUT2D eigenvalue weighted by Gasteiger charge is 2.21. The molecule has 0 saturated heterocycles. The molecule has 66 valence electrons. The lowest BCUT2D eigenvalue weighted by Crippen LogP contribution is -2.35. The summed E-state index contributed by atoms with van der Waals surface area (Å²) in [5, 5.41) is 0. The van der Waals surface area contributed by atoms with Crippen LogP contribution in [-0.4, -0.2) is 24.5 Å². The molecule has 12 heavy (non-hydrogen) atoms. The van der Waals surface area contributed by atoms with Crippen LogP contribution in [0.15, 0.2) is 23.3 Å². The summed E-state index contributed by atoms with van der Waals surface area (Å²) in [5.74, 6) is 0. The Hall–Kier alpha value is -0.560. The average Bonchev–Trinajstić information content (AvgIpc) is 2.07. The van der Waals surface area contributed by atoms with E-state index in [0.717, 1.165) is 12.6 Å². The summed E-state index contributed by atoms with van der Waals surface area (Å²) < 4.78 is 0. The molecular weight excluding hydrogens is 146 g/mol. The highest BCUT2D eigenvalue weighted by molar-refractivity contribution is 5.33. The van der Waals surface area contributed by atoms with E-state index in [4.69, 9.17) is 0 Å². The fraction of sp³-hybridized carbons (Fsp3) is 0.636. The maximum atomic E-state index is 2.44. The molecule has 1 atom stereocenters. The Bertz CT molecular complexity index is 237. The van der Waals surface area contributed by atoms with Gasteiger partial charge < -0.3 is 0 Å². The quantitative estimate of drug-likeness (QED) is 0.530. The smallest absolute Gasteiger partial charge is 0.0233 e. The van der Waals surface area contributed by atoms with Crippen LogP contribution >= 0.6 is 0 Å². The lowest BCUT2D eigenvalue weighted by Gasteiger charge is -2.34. The van der Waals surface area contributed by atoms with Crippen LogP contribution in [0.25, 0.3) is 0 Å². The molecule has 0 radical (unpaired) electrons. The number of nitrogens with zero attached hydrogens (tertiary/aromatic N) is 1.